The van der Waals surface area contributed by atoms with E-state index in [9.17, 15) is 0 Å². The van der Waals surface area contributed by atoms with Crippen LogP contribution in [0.1, 0.15) is 51.3 Å². The molecule has 0 aliphatic carbocycles. The summed E-state index contributed by atoms with van der Waals surface area (Å²) in [4.78, 5) is 0. The predicted octanol–water partition coefficient (Wildman–Crippen LogP) is 6.64. The van der Waals surface area contributed by atoms with Crippen LogP contribution in [-0.4, -0.2) is 32.1 Å². The van der Waals surface area contributed by atoms with Crippen molar-refractivity contribution in [1.82, 2.24) is 0 Å². The standard InChI is InChI=1S/C29H34N2O4/c1-5-32-22-14-16-24(28(18-22)34-7-3)26-20-27(31(30-26)21-12-10-9-11-13-21)25-17-15-23(33-6-2)19-29(25)35-8-4/h9-19,27H,5-8,20H2,1-4H3. The Hall–Kier alpha value is -3.67. The van der Waals surface area contributed by atoms with E-state index >= 15 is 0 Å². The molecule has 1 aliphatic heterocycles. The van der Waals surface area contributed by atoms with Crippen molar-refractivity contribution in [2.75, 3.05) is 31.4 Å². The van der Waals surface area contributed by atoms with Crippen LogP contribution >= 0.6 is 0 Å². The molecule has 4 rings (SSSR count). The molecule has 0 amide bonds. The molecule has 184 valence electrons. The minimum Gasteiger partial charge on any atom is -0.494 e. The summed E-state index contributed by atoms with van der Waals surface area (Å²) in [6.07, 6.45) is 0.705. The lowest BCUT2D eigenvalue weighted by molar-refractivity contribution is 0.319. The molecule has 0 bridgehead atoms. The van der Waals surface area contributed by atoms with Crippen LogP contribution in [0.15, 0.2) is 71.8 Å². The first kappa shape index (κ1) is 24.5. The third-order valence-corrected chi connectivity index (χ3v) is 5.76. The molecule has 0 N–H and O–H groups in total. The van der Waals surface area contributed by atoms with Crippen LogP contribution in [0.25, 0.3) is 0 Å². The lowest BCUT2D eigenvalue weighted by Crippen LogP contribution is -2.19. The normalized spacial score (nSPS) is 15.0. The molecule has 35 heavy (non-hydrogen) atoms. The number of hydrogen-bond acceptors (Lipinski definition) is 6. The van der Waals surface area contributed by atoms with Crippen LogP contribution in [-0.2, 0) is 0 Å². The lowest BCUT2D eigenvalue weighted by Gasteiger charge is -2.26. The van der Waals surface area contributed by atoms with Gasteiger partial charge in [0.2, 0.25) is 0 Å². The highest BCUT2D eigenvalue weighted by molar-refractivity contribution is 6.05. The largest absolute Gasteiger partial charge is 0.494 e. The van der Waals surface area contributed by atoms with Gasteiger partial charge in [0.25, 0.3) is 0 Å². The fourth-order valence-corrected chi connectivity index (χ4v) is 4.33. The van der Waals surface area contributed by atoms with Crippen LogP contribution in [0.4, 0.5) is 5.69 Å². The number of hydrogen-bond donors (Lipinski definition) is 0. The first-order valence-corrected chi connectivity index (χ1v) is 12.4. The zero-order valence-corrected chi connectivity index (χ0v) is 21.0. The summed E-state index contributed by atoms with van der Waals surface area (Å²) in [5.41, 5.74) is 4.03. The molecular formula is C29H34N2O4. The van der Waals surface area contributed by atoms with Gasteiger partial charge in [0, 0.05) is 29.7 Å². The van der Waals surface area contributed by atoms with Gasteiger partial charge in [-0.25, -0.2) is 0 Å². The van der Waals surface area contributed by atoms with Crippen molar-refractivity contribution in [3.8, 4) is 23.0 Å². The highest BCUT2D eigenvalue weighted by Crippen LogP contribution is 2.42. The van der Waals surface area contributed by atoms with Gasteiger partial charge in [-0.05, 0) is 64.1 Å². The van der Waals surface area contributed by atoms with E-state index < -0.39 is 0 Å². The van der Waals surface area contributed by atoms with Gasteiger partial charge < -0.3 is 18.9 Å². The molecule has 3 aromatic carbocycles. The van der Waals surface area contributed by atoms with Gasteiger partial charge >= 0.3 is 0 Å². The van der Waals surface area contributed by atoms with E-state index in [1.807, 2.05) is 76.2 Å². The molecular weight excluding hydrogens is 440 g/mol. The molecule has 0 saturated heterocycles. The topological polar surface area (TPSA) is 52.5 Å². The average Bonchev–Trinajstić information content (AvgIpc) is 3.31. The number of ether oxygens (including phenoxy) is 4. The third kappa shape index (κ3) is 5.53. The molecule has 0 radical (unpaired) electrons. The summed E-state index contributed by atoms with van der Waals surface area (Å²) >= 11 is 0. The molecule has 1 atom stereocenters. The Morgan fingerprint density at radius 3 is 1.97 bits per heavy atom. The Labute approximate surface area is 208 Å². The van der Waals surface area contributed by atoms with E-state index in [0.29, 0.717) is 32.8 Å². The second-order valence-corrected chi connectivity index (χ2v) is 8.04. The molecule has 3 aromatic rings. The maximum absolute atomic E-state index is 6.07. The van der Waals surface area contributed by atoms with E-state index in [1.165, 1.54) is 0 Å². The van der Waals surface area contributed by atoms with Crippen molar-refractivity contribution in [2.45, 2.75) is 40.2 Å². The Morgan fingerprint density at radius 2 is 1.31 bits per heavy atom. The molecule has 0 aromatic heterocycles. The van der Waals surface area contributed by atoms with Gasteiger partial charge in [-0.3, -0.25) is 5.01 Å². The minimum atomic E-state index is -0.0364. The third-order valence-electron chi connectivity index (χ3n) is 5.76. The predicted molar refractivity (Wildman–Crippen MR) is 140 cm³/mol. The van der Waals surface area contributed by atoms with E-state index in [2.05, 4.69) is 23.2 Å². The SMILES string of the molecule is CCOc1ccc(C2=NN(c3ccccc3)C(c3ccc(OCC)cc3OCC)C2)c(OCC)c1. The Morgan fingerprint density at radius 1 is 0.714 bits per heavy atom. The Kier molecular flexibility index (Phi) is 8.14. The van der Waals surface area contributed by atoms with Crippen LogP contribution in [0, 0.1) is 0 Å². The van der Waals surface area contributed by atoms with E-state index in [4.69, 9.17) is 24.0 Å². The van der Waals surface area contributed by atoms with Crippen molar-refractivity contribution in [3.05, 3.63) is 77.9 Å². The van der Waals surface area contributed by atoms with Gasteiger partial charge in [0.15, 0.2) is 0 Å². The summed E-state index contributed by atoms with van der Waals surface area (Å²) in [5, 5.41) is 7.19. The summed E-state index contributed by atoms with van der Waals surface area (Å²) < 4.78 is 23.5. The monoisotopic (exact) mass is 474 g/mol. The summed E-state index contributed by atoms with van der Waals surface area (Å²) in [6, 6.07) is 22.3. The average molecular weight is 475 g/mol. The van der Waals surface area contributed by atoms with Crippen LogP contribution in [0.5, 0.6) is 23.0 Å². The second-order valence-electron chi connectivity index (χ2n) is 8.04. The van der Waals surface area contributed by atoms with Crippen LogP contribution < -0.4 is 24.0 Å². The molecule has 0 spiro atoms. The Bertz CT molecular complexity index is 1150. The van der Waals surface area contributed by atoms with Gasteiger partial charge in [-0.2, -0.15) is 5.10 Å². The second kappa shape index (κ2) is 11.6. The lowest BCUT2D eigenvalue weighted by atomic mass is 9.96. The van der Waals surface area contributed by atoms with Gasteiger partial charge in [0.05, 0.1) is 43.9 Å². The fourth-order valence-electron chi connectivity index (χ4n) is 4.33. The van der Waals surface area contributed by atoms with Crippen molar-refractivity contribution in [3.63, 3.8) is 0 Å². The van der Waals surface area contributed by atoms with Crippen molar-refractivity contribution in [2.24, 2.45) is 5.10 Å². The number of hydrazone groups is 1. The number of anilines is 1. The van der Waals surface area contributed by atoms with Gasteiger partial charge in [-0.15, -0.1) is 0 Å². The van der Waals surface area contributed by atoms with E-state index in [1.54, 1.807) is 0 Å². The number of rotatable bonds is 11. The van der Waals surface area contributed by atoms with Crippen molar-refractivity contribution >= 4 is 11.4 Å². The molecule has 0 saturated carbocycles. The highest BCUT2D eigenvalue weighted by Gasteiger charge is 2.33. The maximum Gasteiger partial charge on any atom is 0.132 e. The van der Waals surface area contributed by atoms with Crippen LogP contribution in [0.3, 0.4) is 0 Å². The summed E-state index contributed by atoms with van der Waals surface area (Å²) in [6.45, 7) is 10.3. The smallest absolute Gasteiger partial charge is 0.132 e. The number of para-hydroxylation sites is 1. The molecule has 1 heterocycles. The zero-order chi connectivity index (χ0) is 24.6. The molecule has 6 nitrogen and oxygen atoms in total. The molecule has 0 fully saturated rings. The molecule has 1 unspecified atom stereocenters. The van der Waals surface area contributed by atoms with Gasteiger partial charge in [-0.1, -0.05) is 18.2 Å². The number of benzene rings is 3. The first-order chi connectivity index (χ1) is 17.2. The Balaban J connectivity index is 1.77. The summed E-state index contributed by atoms with van der Waals surface area (Å²) in [7, 11) is 0. The fraction of sp³-hybridized carbons (Fsp3) is 0.345. The van der Waals surface area contributed by atoms with Crippen molar-refractivity contribution < 1.29 is 18.9 Å². The maximum atomic E-state index is 6.07. The quantitative estimate of drug-likeness (QED) is 0.312. The van der Waals surface area contributed by atoms with Gasteiger partial charge in [0.1, 0.15) is 23.0 Å². The molecule has 1 aliphatic rings. The van der Waals surface area contributed by atoms with Crippen molar-refractivity contribution in [1.29, 1.82) is 0 Å². The first-order valence-electron chi connectivity index (χ1n) is 12.4. The van der Waals surface area contributed by atoms with E-state index in [0.717, 1.165) is 45.5 Å². The van der Waals surface area contributed by atoms with E-state index in [-0.39, 0.29) is 6.04 Å². The van der Waals surface area contributed by atoms with Crippen LogP contribution in [0.2, 0.25) is 0 Å². The highest BCUT2D eigenvalue weighted by atomic mass is 16.5. The minimum absolute atomic E-state index is 0.0364. The number of nitrogens with zero attached hydrogens (tertiary/aromatic N) is 2. The summed E-state index contributed by atoms with van der Waals surface area (Å²) in [5.74, 6) is 3.19. The zero-order valence-electron chi connectivity index (χ0n) is 21.0. The molecule has 6 heteroatoms.